The third-order valence-corrected chi connectivity index (χ3v) is 3.44. The van der Waals surface area contributed by atoms with E-state index in [1.165, 1.54) is 0 Å². The first-order chi connectivity index (χ1) is 8.73. The van der Waals surface area contributed by atoms with E-state index in [0.29, 0.717) is 9.48 Å². The molecular weight excluding hydrogens is 336 g/mol. The number of nitrogens with zero attached hydrogens (tertiary/aromatic N) is 1. The van der Waals surface area contributed by atoms with Crippen molar-refractivity contribution in [3.8, 4) is 0 Å². The highest BCUT2D eigenvalue weighted by Gasteiger charge is 2.21. The Hall–Kier alpha value is -1.15. The molecule has 1 aromatic rings. The second-order valence-corrected chi connectivity index (χ2v) is 6.24. The van der Waals surface area contributed by atoms with Crippen LogP contribution in [0.1, 0.15) is 37.4 Å². The first-order valence-electron chi connectivity index (χ1n) is 5.56. The number of hydrogen-bond donors (Lipinski definition) is 1. The summed E-state index contributed by atoms with van der Waals surface area (Å²) in [6.45, 7) is 7.27. The second-order valence-electron chi connectivity index (χ2n) is 4.49. The maximum atomic E-state index is 11.6. The average Bonchev–Trinajstić information content (AvgIpc) is 2.56. The molecule has 0 bridgehead atoms. The van der Waals surface area contributed by atoms with Crippen molar-refractivity contribution in [3.63, 3.8) is 0 Å². The summed E-state index contributed by atoms with van der Waals surface area (Å²) >= 11 is 4.16. The van der Waals surface area contributed by atoms with Gasteiger partial charge in [0.15, 0.2) is 5.13 Å². The minimum atomic E-state index is -0.621. The van der Waals surface area contributed by atoms with Gasteiger partial charge in [-0.05, 0) is 43.6 Å². The van der Waals surface area contributed by atoms with Crippen molar-refractivity contribution >= 4 is 44.5 Å². The van der Waals surface area contributed by atoms with E-state index in [4.69, 9.17) is 9.47 Å². The lowest BCUT2D eigenvalue weighted by molar-refractivity contribution is 0.0529. The Morgan fingerprint density at radius 3 is 2.58 bits per heavy atom. The van der Waals surface area contributed by atoms with E-state index in [-0.39, 0.29) is 11.7 Å². The first kappa shape index (κ1) is 15.9. The lowest BCUT2D eigenvalue weighted by Crippen LogP contribution is -2.27. The highest BCUT2D eigenvalue weighted by Crippen LogP contribution is 2.28. The number of rotatable bonds is 3. The molecule has 0 aliphatic carbocycles. The fourth-order valence-corrected chi connectivity index (χ4v) is 2.50. The maximum Gasteiger partial charge on any atom is 0.413 e. The molecule has 106 valence electrons. The number of aromatic nitrogens is 1. The minimum absolute atomic E-state index is 0.268. The van der Waals surface area contributed by atoms with Gasteiger partial charge in [0.1, 0.15) is 15.1 Å². The topological polar surface area (TPSA) is 77.5 Å². The Balaban J connectivity index is 2.74. The molecule has 0 atom stereocenters. The predicted molar refractivity (Wildman–Crippen MR) is 75.6 cm³/mol. The van der Waals surface area contributed by atoms with Crippen molar-refractivity contribution in [1.29, 1.82) is 0 Å². The summed E-state index contributed by atoms with van der Waals surface area (Å²) in [4.78, 5) is 27.4. The molecule has 19 heavy (non-hydrogen) atoms. The Labute approximate surface area is 123 Å². The number of halogens is 1. The average molecular weight is 351 g/mol. The zero-order valence-electron chi connectivity index (χ0n) is 11.1. The van der Waals surface area contributed by atoms with Crippen molar-refractivity contribution in [2.45, 2.75) is 33.3 Å². The smallest absolute Gasteiger partial charge is 0.413 e. The van der Waals surface area contributed by atoms with Crippen LogP contribution in [0.3, 0.4) is 0 Å². The molecule has 1 aromatic heterocycles. The maximum absolute atomic E-state index is 11.6. The van der Waals surface area contributed by atoms with Crippen LogP contribution in [0.4, 0.5) is 9.93 Å². The molecule has 0 saturated carbocycles. The van der Waals surface area contributed by atoms with Crippen LogP contribution in [0.15, 0.2) is 4.60 Å². The Kier molecular flexibility index (Phi) is 5.30. The summed E-state index contributed by atoms with van der Waals surface area (Å²) in [5, 5.41) is 2.73. The largest absolute Gasteiger partial charge is 0.462 e. The van der Waals surface area contributed by atoms with E-state index in [1.807, 2.05) is 0 Å². The summed E-state index contributed by atoms with van der Waals surface area (Å²) < 4.78 is 10.3. The summed E-state index contributed by atoms with van der Waals surface area (Å²) in [5.41, 5.74) is -0.595. The number of anilines is 1. The monoisotopic (exact) mass is 350 g/mol. The lowest BCUT2D eigenvalue weighted by atomic mass is 10.2. The van der Waals surface area contributed by atoms with Crippen molar-refractivity contribution in [3.05, 3.63) is 9.48 Å². The first-order valence-corrected chi connectivity index (χ1v) is 7.17. The number of amides is 1. The zero-order valence-corrected chi connectivity index (χ0v) is 13.5. The predicted octanol–water partition coefficient (Wildman–Crippen LogP) is 3.43. The van der Waals surface area contributed by atoms with Gasteiger partial charge in [0.25, 0.3) is 0 Å². The van der Waals surface area contributed by atoms with Crippen LogP contribution in [0.2, 0.25) is 0 Å². The van der Waals surface area contributed by atoms with Crippen molar-refractivity contribution in [2.24, 2.45) is 0 Å². The molecule has 1 heterocycles. The standard InChI is InChI=1S/C11H15BrN2O4S/c1-5-17-8(15)6-7(12)13-9(19-6)14-10(16)18-11(2,3)4/h5H2,1-4H3,(H,13,14,16). The van der Waals surface area contributed by atoms with Gasteiger partial charge in [-0.2, -0.15) is 0 Å². The van der Waals surface area contributed by atoms with Gasteiger partial charge in [0.2, 0.25) is 0 Å². The van der Waals surface area contributed by atoms with Gasteiger partial charge in [0, 0.05) is 0 Å². The molecule has 0 radical (unpaired) electrons. The number of hydrogen-bond acceptors (Lipinski definition) is 6. The van der Waals surface area contributed by atoms with E-state index in [0.717, 1.165) is 11.3 Å². The molecule has 6 nitrogen and oxygen atoms in total. The summed E-state index contributed by atoms with van der Waals surface area (Å²) in [6, 6.07) is 0. The number of ether oxygens (including phenoxy) is 2. The third-order valence-electron chi connectivity index (χ3n) is 1.65. The van der Waals surface area contributed by atoms with E-state index in [2.05, 4.69) is 26.2 Å². The fraction of sp³-hybridized carbons (Fsp3) is 0.545. The van der Waals surface area contributed by atoms with Gasteiger partial charge in [-0.1, -0.05) is 11.3 Å². The van der Waals surface area contributed by atoms with Crippen LogP contribution in [0.25, 0.3) is 0 Å². The normalized spacial score (nSPS) is 11.0. The van der Waals surface area contributed by atoms with Crippen LogP contribution < -0.4 is 5.32 Å². The van der Waals surface area contributed by atoms with Crippen LogP contribution >= 0.6 is 27.3 Å². The third kappa shape index (κ3) is 5.15. The number of thiazole rings is 1. The molecule has 0 aliphatic heterocycles. The highest BCUT2D eigenvalue weighted by atomic mass is 79.9. The molecular formula is C11H15BrN2O4S. The van der Waals surface area contributed by atoms with Crippen molar-refractivity contribution < 1.29 is 19.1 Å². The molecule has 0 fully saturated rings. The molecule has 1 amide bonds. The van der Waals surface area contributed by atoms with Crippen molar-refractivity contribution in [2.75, 3.05) is 11.9 Å². The van der Waals surface area contributed by atoms with E-state index in [9.17, 15) is 9.59 Å². The SMILES string of the molecule is CCOC(=O)c1sc(NC(=O)OC(C)(C)C)nc1Br. The lowest BCUT2D eigenvalue weighted by Gasteiger charge is -2.18. The van der Waals surface area contributed by atoms with Crippen LogP contribution in [-0.2, 0) is 9.47 Å². The number of carbonyl (C=O) groups excluding carboxylic acids is 2. The Morgan fingerprint density at radius 2 is 2.05 bits per heavy atom. The highest BCUT2D eigenvalue weighted by molar-refractivity contribution is 9.10. The zero-order chi connectivity index (χ0) is 14.6. The molecule has 8 heteroatoms. The minimum Gasteiger partial charge on any atom is -0.462 e. The van der Waals surface area contributed by atoms with Gasteiger partial charge in [-0.15, -0.1) is 0 Å². The summed E-state index contributed by atoms with van der Waals surface area (Å²) in [7, 11) is 0. The molecule has 0 spiro atoms. The van der Waals surface area contributed by atoms with Crippen LogP contribution in [-0.4, -0.2) is 29.3 Å². The fourth-order valence-electron chi connectivity index (χ4n) is 1.07. The molecule has 1 N–H and O–H groups in total. The quantitative estimate of drug-likeness (QED) is 0.845. The van der Waals surface area contributed by atoms with Gasteiger partial charge in [-0.3, -0.25) is 5.32 Å². The summed E-state index contributed by atoms with van der Waals surface area (Å²) in [5.74, 6) is -0.482. The molecule has 0 unspecified atom stereocenters. The molecule has 0 aliphatic rings. The Bertz CT molecular complexity index is 482. The summed E-state index contributed by atoms with van der Waals surface area (Å²) in [6.07, 6.45) is -0.621. The van der Waals surface area contributed by atoms with Gasteiger partial charge in [-0.25, -0.2) is 14.6 Å². The number of carbonyl (C=O) groups is 2. The molecule has 1 rings (SSSR count). The van der Waals surface area contributed by atoms with Crippen LogP contribution in [0, 0.1) is 0 Å². The molecule has 0 aromatic carbocycles. The molecule has 0 saturated heterocycles. The number of esters is 1. The van der Waals surface area contributed by atoms with E-state index < -0.39 is 17.7 Å². The second kappa shape index (κ2) is 6.33. The Morgan fingerprint density at radius 1 is 1.42 bits per heavy atom. The van der Waals surface area contributed by atoms with E-state index >= 15 is 0 Å². The van der Waals surface area contributed by atoms with Gasteiger partial charge >= 0.3 is 12.1 Å². The van der Waals surface area contributed by atoms with Crippen molar-refractivity contribution in [1.82, 2.24) is 4.98 Å². The van der Waals surface area contributed by atoms with Gasteiger partial charge in [0.05, 0.1) is 6.61 Å². The number of nitrogens with one attached hydrogen (secondary N) is 1. The van der Waals surface area contributed by atoms with Gasteiger partial charge < -0.3 is 9.47 Å². The van der Waals surface area contributed by atoms with E-state index in [1.54, 1.807) is 27.7 Å². The van der Waals surface area contributed by atoms with Crippen LogP contribution in [0.5, 0.6) is 0 Å².